The number of hydrogen-bond donors (Lipinski definition) is 3. The number of ether oxygens (including phenoxy) is 2. The molecule has 1 aliphatic rings. The number of aromatic amines is 1. The van der Waals surface area contributed by atoms with Crippen molar-refractivity contribution in [3.05, 3.63) is 94.5 Å². The Morgan fingerprint density at radius 1 is 1.10 bits per heavy atom. The number of fused-ring (bicyclic) bond motifs is 1. The summed E-state index contributed by atoms with van der Waals surface area (Å²) in [5.41, 5.74) is -0.0845. The third kappa shape index (κ3) is 5.47. The predicted molar refractivity (Wildman–Crippen MR) is 146 cm³/mol. The van der Waals surface area contributed by atoms with Gasteiger partial charge in [0.2, 0.25) is 0 Å². The van der Waals surface area contributed by atoms with E-state index in [2.05, 4.69) is 30.9 Å². The Balaban J connectivity index is 1.19. The van der Waals surface area contributed by atoms with Crippen LogP contribution in [0.3, 0.4) is 0 Å². The Hall–Kier alpha value is -5.17. The second-order valence-electron chi connectivity index (χ2n) is 9.36. The van der Waals surface area contributed by atoms with E-state index in [1.807, 2.05) is 0 Å². The molecule has 11 nitrogen and oxygen atoms in total. The lowest BCUT2D eigenvalue weighted by Gasteiger charge is -2.12. The Morgan fingerprint density at radius 3 is 2.73 bits per heavy atom. The fourth-order valence-corrected chi connectivity index (χ4v) is 4.45. The summed E-state index contributed by atoms with van der Waals surface area (Å²) in [6, 6.07) is 11.8. The number of nitrogens with one attached hydrogen (secondary N) is 3. The van der Waals surface area contributed by atoms with Crippen molar-refractivity contribution >= 4 is 28.4 Å². The first-order valence-electron chi connectivity index (χ1n) is 12.7. The molecule has 13 heteroatoms. The molecule has 0 radical (unpaired) electrons. The second kappa shape index (κ2) is 11.1. The molecule has 1 amide bonds. The van der Waals surface area contributed by atoms with E-state index in [1.54, 1.807) is 6.07 Å². The minimum Gasteiger partial charge on any atom is -0.453 e. The monoisotopic (exact) mass is 559 g/mol. The lowest BCUT2D eigenvalue weighted by Crippen LogP contribution is -2.29. The van der Waals surface area contributed by atoms with Crippen molar-refractivity contribution in [2.24, 2.45) is 5.92 Å². The van der Waals surface area contributed by atoms with Crippen LogP contribution in [-0.4, -0.2) is 50.6 Å². The summed E-state index contributed by atoms with van der Waals surface area (Å²) in [5, 5.41) is 17.5. The van der Waals surface area contributed by atoms with E-state index < -0.39 is 23.1 Å². The molecule has 5 aromatic rings. The molecular weight excluding hydrogens is 536 g/mol. The van der Waals surface area contributed by atoms with E-state index in [-0.39, 0.29) is 22.7 Å². The van der Waals surface area contributed by atoms with Crippen LogP contribution in [0.1, 0.15) is 16.8 Å². The van der Waals surface area contributed by atoms with Crippen molar-refractivity contribution in [1.29, 1.82) is 0 Å². The zero-order valence-electron chi connectivity index (χ0n) is 21.4. The summed E-state index contributed by atoms with van der Waals surface area (Å²) < 4.78 is 40.7. The molecule has 1 fully saturated rings. The van der Waals surface area contributed by atoms with Crippen LogP contribution in [0, 0.1) is 17.6 Å². The molecule has 208 valence electrons. The van der Waals surface area contributed by atoms with Crippen molar-refractivity contribution in [1.82, 2.24) is 25.0 Å². The molecule has 1 aliphatic heterocycles. The normalized spacial score (nSPS) is 14.7. The van der Waals surface area contributed by atoms with Crippen LogP contribution in [0.15, 0.2) is 71.8 Å². The summed E-state index contributed by atoms with van der Waals surface area (Å²) in [5.74, 6) is -0.845. The Labute approximate surface area is 231 Å². The molecule has 41 heavy (non-hydrogen) atoms. The van der Waals surface area contributed by atoms with E-state index in [0.717, 1.165) is 23.8 Å². The zero-order chi connectivity index (χ0) is 28.3. The topological polar surface area (TPSA) is 136 Å². The Kier molecular flexibility index (Phi) is 7.08. The number of carbonyl (C=O) groups is 1. The van der Waals surface area contributed by atoms with Crippen LogP contribution in [0.2, 0.25) is 0 Å². The van der Waals surface area contributed by atoms with Crippen LogP contribution >= 0.6 is 0 Å². The number of pyridine rings is 1. The molecule has 0 bridgehead atoms. The number of nitrogens with zero attached hydrogens (tertiary/aromatic N) is 4. The van der Waals surface area contributed by atoms with Gasteiger partial charge in [-0.3, -0.25) is 14.7 Å². The minimum atomic E-state index is -0.765. The molecule has 6 rings (SSSR count). The van der Waals surface area contributed by atoms with Gasteiger partial charge in [0.05, 0.1) is 12.3 Å². The molecule has 3 aromatic heterocycles. The van der Waals surface area contributed by atoms with Crippen LogP contribution in [0.4, 0.5) is 20.3 Å². The molecule has 1 saturated heterocycles. The van der Waals surface area contributed by atoms with Crippen molar-refractivity contribution < 1.29 is 23.0 Å². The third-order valence-electron chi connectivity index (χ3n) is 6.58. The van der Waals surface area contributed by atoms with Gasteiger partial charge < -0.3 is 20.1 Å². The molecule has 0 saturated carbocycles. The van der Waals surface area contributed by atoms with Crippen LogP contribution in [0.25, 0.3) is 16.7 Å². The summed E-state index contributed by atoms with van der Waals surface area (Å²) >= 11 is 0. The van der Waals surface area contributed by atoms with Gasteiger partial charge in [-0.25, -0.2) is 13.8 Å². The van der Waals surface area contributed by atoms with Gasteiger partial charge in [0.15, 0.2) is 23.0 Å². The third-order valence-corrected chi connectivity index (χ3v) is 6.58. The number of halogens is 2. The first-order chi connectivity index (χ1) is 20.0. The average molecular weight is 560 g/mol. The van der Waals surface area contributed by atoms with Crippen LogP contribution in [0.5, 0.6) is 11.5 Å². The minimum absolute atomic E-state index is 0.0885. The fourth-order valence-electron chi connectivity index (χ4n) is 4.45. The van der Waals surface area contributed by atoms with Crippen molar-refractivity contribution in [3.8, 4) is 17.2 Å². The average Bonchev–Trinajstić information content (AvgIpc) is 3.64. The number of amides is 1. The predicted octanol–water partition coefficient (Wildman–Crippen LogP) is 4.28. The van der Waals surface area contributed by atoms with Gasteiger partial charge >= 0.3 is 0 Å². The maximum Gasteiger partial charge on any atom is 0.284 e. The summed E-state index contributed by atoms with van der Waals surface area (Å²) in [6.45, 7) is 2.07. The molecule has 2 aromatic carbocycles. The Morgan fingerprint density at radius 2 is 1.95 bits per heavy atom. The number of rotatable bonds is 8. The van der Waals surface area contributed by atoms with Gasteiger partial charge in [0, 0.05) is 49.3 Å². The summed E-state index contributed by atoms with van der Waals surface area (Å²) in [4.78, 5) is 30.0. The number of benzene rings is 2. The standard InChI is InChI=1S/C28H23F2N7O4/c29-17-1-4-19(5-2-17)37-28(39)20(7-11-33-37)27(38)34-18-3-6-22(21(30)13-18)41-23-8-10-31-25-24(23)26(36-35-25)32-14-16-9-12-40-15-16/h1-8,10-11,13,16H,9,12,14-15H2,(H,34,38)(H2,31,32,35,36). The lowest BCUT2D eigenvalue weighted by molar-refractivity contribution is 0.102. The first kappa shape index (κ1) is 26.1. The van der Waals surface area contributed by atoms with Gasteiger partial charge in [0.25, 0.3) is 11.5 Å². The molecule has 1 unspecified atom stereocenters. The molecule has 0 spiro atoms. The number of hydrogen-bond acceptors (Lipinski definition) is 8. The van der Waals surface area contributed by atoms with Crippen molar-refractivity contribution in [2.75, 3.05) is 30.4 Å². The highest BCUT2D eigenvalue weighted by atomic mass is 19.1. The zero-order valence-corrected chi connectivity index (χ0v) is 21.4. The molecule has 1 atom stereocenters. The number of carbonyl (C=O) groups excluding carboxylic acids is 1. The molecular formula is C28H23F2N7O4. The van der Waals surface area contributed by atoms with Gasteiger partial charge in [0.1, 0.15) is 22.5 Å². The van der Waals surface area contributed by atoms with E-state index in [1.165, 1.54) is 54.9 Å². The van der Waals surface area contributed by atoms with Gasteiger partial charge in [-0.05, 0) is 48.9 Å². The van der Waals surface area contributed by atoms with Gasteiger partial charge in [-0.15, -0.1) is 0 Å². The second-order valence-corrected chi connectivity index (χ2v) is 9.36. The lowest BCUT2D eigenvalue weighted by atomic mass is 10.1. The van der Waals surface area contributed by atoms with Crippen LogP contribution < -0.4 is 20.9 Å². The SMILES string of the molecule is O=C(Nc1ccc(Oc2ccnc3[nH]nc(NCC4CCOC4)c23)c(F)c1)c1ccnn(-c2ccc(F)cc2)c1=O. The first-order valence-corrected chi connectivity index (χ1v) is 12.7. The maximum atomic E-state index is 15.1. The van der Waals surface area contributed by atoms with E-state index in [0.29, 0.717) is 41.7 Å². The highest BCUT2D eigenvalue weighted by Crippen LogP contribution is 2.34. The quantitative estimate of drug-likeness (QED) is 0.256. The van der Waals surface area contributed by atoms with Crippen molar-refractivity contribution in [2.45, 2.75) is 6.42 Å². The van der Waals surface area contributed by atoms with Crippen molar-refractivity contribution in [3.63, 3.8) is 0 Å². The number of H-pyrrole nitrogens is 1. The summed E-state index contributed by atoms with van der Waals surface area (Å²) in [6.07, 6.45) is 3.74. The van der Waals surface area contributed by atoms with E-state index in [4.69, 9.17) is 9.47 Å². The summed E-state index contributed by atoms with van der Waals surface area (Å²) in [7, 11) is 0. The fraction of sp³-hybridized carbons (Fsp3) is 0.179. The van der Waals surface area contributed by atoms with Gasteiger partial charge in [-0.1, -0.05) is 0 Å². The highest BCUT2D eigenvalue weighted by Gasteiger charge is 2.20. The van der Waals surface area contributed by atoms with Gasteiger partial charge in [-0.2, -0.15) is 14.9 Å². The molecule has 0 aliphatic carbocycles. The van der Waals surface area contributed by atoms with E-state index in [9.17, 15) is 14.0 Å². The van der Waals surface area contributed by atoms with E-state index >= 15 is 4.39 Å². The maximum absolute atomic E-state index is 15.1. The number of anilines is 2. The molecule has 3 N–H and O–H groups in total. The van der Waals surface area contributed by atoms with Crippen LogP contribution in [-0.2, 0) is 4.74 Å². The Bertz CT molecular complexity index is 1780. The largest absolute Gasteiger partial charge is 0.453 e. The number of aromatic nitrogens is 5. The smallest absolute Gasteiger partial charge is 0.284 e. The molecule has 4 heterocycles. The highest BCUT2D eigenvalue weighted by molar-refractivity contribution is 6.04.